The lowest BCUT2D eigenvalue weighted by Crippen LogP contribution is -2.43. The summed E-state index contributed by atoms with van der Waals surface area (Å²) in [6, 6.07) is 7.88. The lowest BCUT2D eigenvalue weighted by Gasteiger charge is -2.26. The van der Waals surface area contributed by atoms with E-state index in [9.17, 15) is 24.5 Å². The van der Waals surface area contributed by atoms with E-state index in [1.54, 1.807) is 11.8 Å². The zero-order valence-electron chi connectivity index (χ0n) is 20.2. The maximum absolute atomic E-state index is 12.7. The van der Waals surface area contributed by atoms with Crippen LogP contribution in [0.15, 0.2) is 36.4 Å². The second-order valence-corrected chi connectivity index (χ2v) is 8.24. The van der Waals surface area contributed by atoms with E-state index in [0.29, 0.717) is 26.3 Å². The monoisotopic (exact) mass is 535 g/mol. The number of carbonyl (C=O) groups is 3. The summed E-state index contributed by atoms with van der Waals surface area (Å²) in [5.74, 6) is -1.16. The zero-order valence-corrected chi connectivity index (χ0v) is 21.0. The third-order valence-corrected chi connectivity index (χ3v) is 5.58. The molecule has 1 aliphatic rings. The van der Waals surface area contributed by atoms with Gasteiger partial charge in [-0.25, -0.2) is 4.79 Å². The van der Waals surface area contributed by atoms with Gasteiger partial charge in [-0.1, -0.05) is 11.6 Å². The van der Waals surface area contributed by atoms with Crippen molar-refractivity contribution in [2.24, 2.45) is 0 Å². The van der Waals surface area contributed by atoms with Gasteiger partial charge in [-0.3, -0.25) is 19.7 Å². The maximum Gasteiger partial charge on any atom is 0.339 e. The number of hydrogen-bond acceptors (Lipinski definition) is 9. The summed E-state index contributed by atoms with van der Waals surface area (Å²) >= 11 is 5.99. The minimum Gasteiger partial charge on any atom is -0.490 e. The van der Waals surface area contributed by atoms with Crippen LogP contribution in [0, 0.1) is 10.1 Å². The first-order chi connectivity index (χ1) is 17.7. The van der Waals surface area contributed by atoms with Crippen LogP contribution in [0.25, 0.3) is 0 Å². The van der Waals surface area contributed by atoms with Gasteiger partial charge in [0.15, 0.2) is 24.2 Å². The molecule has 1 atom stereocenters. The van der Waals surface area contributed by atoms with Crippen LogP contribution in [-0.4, -0.2) is 73.2 Å². The lowest BCUT2D eigenvalue weighted by molar-refractivity contribution is -0.384. The molecule has 2 amide bonds. The summed E-state index contributed by atoms with van der Waals surface area (Å²) in [4.78, 5) is 49.4. The van der Waals surface area contributed by atoms with Crippen molar-refractivity contribution in [3.63, 3.8) is 0 Å². The molecule has 0 aromatic heterocycles. The number of hydrogen-bond donors (Lipinski definition) is 1. The number of rotatable bonds is 10. The molecule has 0 bridgehead atoms. The SMILES string of the molecule is CCOc1cc(C(=O)OC(C)C(=O)Nc2ccc([N+](=O)[O-])cc2Cl)ccc1OCC(=O)N1CCOCC1. The van der Waals surface area contributed by atoms with Crippen LogP contribution in [-0.2, 0) is 19.1 Å². The fourth-order valence-electron chi connectivity index (χ4n) is 3.30. The average Bonchev–Trinajstić information content (AvgIpc) is 2.89. The van der Waals surface area contributed by atoms with Crippen molar-refractivity contribution in [1.29, 1.82) is 0 Å². The standard InChI is InChI=1S/C24H26ClN3O9/c1-3-35-21-12-16(4-7-20(21)36-14-22(29)27-8-10-34-11-9-27)24(31)37-15(2)23(30)26-19-6-5-17(28(32)33)13-18(19)25/h4-7,12-13,15H,3,8-11,14H2,1-2H3,(H,26,30). The summed E-state index contributed by atoms with van der Waals surface area (Å²) < 4.78 is 21.7. The predicted octanol–water partition coefficient (Wildman–Crippen LogP) is 3.07. The van der Waals surface area contributed by atoms with Gasteiger partial charge >= 0.3 is 5.97 Å². The number of anilines is 1. The van der Waals surface area contributed by atoms with Crippen LogP contribution in [0.1, 0.15) is 24.2 Å². The third-order valence-electron chi connectivity index (χ3n) is 5.27. The number of esters is 1. The van der Waals surface area contributed by atoms with Crippen LogP contribution in [0.3, 0.4) is 0 Å². The molecule has 37 heavy (non-hydrogen) atoms. The van der Waals surface area contributed by atoms with Crippen molar-refractivity contribution < 1.29 is 38.3 Å². The summed E-state index contributed by atoms with van der Waals surface area (Å²) in [7, 11) is 0. The van der Waals surface area contributed by atoms with Crippen molar-refractivity contribution in [1.82, 2.24) is 4.90 Å². The number of benzene rings is 2. The Morgan fingerprint density at radius 3 is 2.51 bits per heavy atom. The number of non-ortho nitro benzene ring substituents is 1. The minimum atomic E-state index is -1.21. The molecule has 1 N–H and O–H groups in total. The molecule has 0 radical (unpaired) electrons. The highest BCUT2D eigenvalue weighted by atomic mass is 35.5. The first kappa shape index (κ1) is 27.7. The van der Waals surface area contributed by atoms with Gasteiger partial charge in [0, 0.05) is 25.2 Å². The number of nitro benzene ring substituents is 1. The maximum atomic E-state index is 12.7. The van der Waals surface area contributed by atoms with E-state index < -0.39 is 22.9 Å². The molecule has 2 aromatic rings. The number of nitro groups is 1. The van der Waals surface area contributed by atoms with Gasteiger partial charge in [0.1, 0.15) is 0 Å². The van der Waals surface area contributed by atoms with Crippen LogP contribution < -0.4 is 14.8 Å². The average molecular weight is 536 g/mol. The summed E-state index contributed by atoms with van der Waals surface area (Å²) in [5.41, 5.74) is 0.000662. The number of halogens is 1. The lowest BCUT2D eigenvalue weighted by atomic mass is 10.2. The molecule has 12 nitrogen and oxygen atoms in total. The highest BCUT2D eigenvalue weighted by Crippen LogP contribution is 2.30. The molecule has 0 spiro atoms. The van der Waals surface area contributed by atoms with Crippen LogP contribution in [0.5, 0.6) is 11.5 Å². The Bertz CT molecular complexity index is 1170. The van der Waals surface area contributed by atoms with Gasteiger partial charge in [-0.15, -0.1) is 0 Å². The molecule has 2 aromatic carbocycles. The molecule has 1 saturated heterocycles. The highest BCUT2D eigenvalue weighted by Gasteiger charge is 2.23. The van der Waals surface area contributed by atoms with Gasteiger partial charge in [-0.05, 0) is 38.1 Å². The molecule has 1 aliphatic heterocycles. The Labute approximate surface area is 217 Å². The van der Waals surface area contributed by atoms with Crippen LogP contribution in [0.2, 0.25) is 5.02 Å². The van der Waals surface area contributed by atoms with E-state index >= 15 is 0 Å². The van der Waals surface area contributed by atoms with Crippen molar-refractivity contribution in [2.75, 3.05) is 44.8 Å². The number of amides is 2. The van der Waals surface area contributed by atoms with E-state index in [2.05, 4.69) is 5.32 Å². The van der Waals surface area contributed by atoms with Crippen LogP contribution in [0.4, 0.5) is 11.4 Å². The van der Waals surface area contributed by atoms with E-state index in [4.69, 9.17) is 30.5 Å². The minimum absolute atomic E-state index is 0.0369. The predicted molar refractivity (Wildman–Crippen MR) is 132 cm³/mol. The second-order valence-electron chi connectivity index (χ2n) is 7.83. The largest absolute Gasteiger partial charge is 0.490 e. The molecule has 13 heteroatoms. The smallest absolute Gasteiger partial charge is 0.339 e. The summed E-state index contributed by atoms with van der Waals surface area (Å²) in [6.07, 6.45) is -1.21. The molecule has 198 valence electrons. The number of morpholine rings is 1. The first-order valence-electron chi connectivity index (χ1n) is 11.4. The van der Waals surface area contributed by atoms with Gasteiger partial charge in [-0.2, -0.15) is 0 Å². The topological polar surface area (TPSA) is 147 Å². The third kappa shape index (κ3) is 7.54. The Kier molecular flexibility index (Phi) is 9.64. The normalized spacial score (nSPS) is 13.9. The summed E-state index contributed by atoms with van der Waals surface area (Å²) in [5, 5.41) is 13.3. The number of carbonyl (C=O) groups excluding carboxylic acids is 3. The van der Waals surface area contributed by atoms with Gasteiger partial charge < -0.3 is 29.2 Å². The van der Waals surface area contributed by atoms with Crippen molar-refractivity contribution >= 4 is 40.8 Å². The fraction of sp³-hybridized carbons (Fsp3) is 0.375. The number of nitrogens with one attached hydrogen (secondary N) is 1. The Balaban J connectivity index is 1.61. The molecule has 3 rings (SSSR count). The molecular weight excluding hydrogens is 510 g/mol. The van der Waals surface area contributed by atoms with E-state index in [1.165, 1.54) is 37.3 Å². The molecular formula is C24H26ClN3O9. The van der Waals surface area contributed by atoms with E-state index in [0.717, 1.165) is 6.07 Å². The Hall–Kier alpha value is -3.90. The highest BCUT2D eigenvalue weighted by molar-refractivity contribution is 6.34. The molecule has 1 unspecified atom stereocenters. The molecule has 1 heterocycles. The van der Waals surface area contributed by atoms with Crippen molar-refractivity contribution in [3.8, 4) is 11.5 Å². The quantitative estimate of drug-likeness (QED) is 0.275. The Morgan fingerprint density at radius 1 is 1.14 bits per heavy atom. The van der Waals surface area contributed by atoms with Crippen molar-refractivity contribution in [3.05, 3.63) is 57.1 Å². The molecule has 0 aliphatic carbocycles. The van der Waals surface area contributed by atoms with Gasteiger partial charge in [0.25, 0.3) is 17.5 Å². The van der Waals surface area contributed by atoms with E-state index in [1.807, 2.05) is 0 Å². The number of ether oxygens (including phenoxy) is 4. The van der Waals surface area contributed by atoms with Crippen molar-refractivity contribution in [2.45, 2.75) is 20.0 Å². The zero-order chi connectivity index (χ0) is 26.9. The van der Waals surface area contributed by atoms with Gasteiger partial charge in [0.05, 0.1) is 41.0 Å². The fourth-order valence-corrected chi connectivity index (χ4v) is 3.52. The Morgan fingerprint density at radius 2 is 1.86 bits per heavy atom. The molecule has 0 saturated carbocycles. The number of nitrogens with zero attached hydrogens (tertiary/aromatic N) is 2. The van der Waals surface area contributed by atoms with Crippen LogP contribution >= 0.6 is 11.6 Å². The van der Waals surface area contributed by atoms with E-state index in [-0.39, 0.29) is 52.6 Å². The first-order valence-corrected chi connectivity index (χ1v) is 11.8. The van der Waals surface area contributed by atoms with Gasteiger partial charge in [0.2, 0.25) is 0 Å². The summed E-state index contributed by atoms with van der Waals surface area (Å²) in [6.45, 7) is 5.14. The second kappa shape index (κ2) is 12.9. The molecule has 1 fully saturated rings.